The molecule has 0 radical (unpaired) electrons. The summed E-state index contributed by atoms with van der Waals surface area (Å²) in [5, 5.41) is 12.1. The molecule has 18 heavy (non-hydrogen) atoms. The van der Waals surface area contributed by atoms with Crippen LogP contribution in [0.4, 0.5) is 5.82 Å². The van der Waals surface area contributed by atoms with Crippen molar-refractivity contribution >= 4 is 11.7 Å². The van der Waals surface area contributed by atoms with Crippen molar-refractivity contribution in [3.05, 3.63) is 23.9 Å². The zero-order valence-electron chi connectivity index (χ0n) is 11.2. The number of amides is 1. The standard InChI is InChI=1S/C13H21N3O2/c1-4-16(8-9-17)13(18)11-6-5-7-14-12(11)15-10(2)3/h5-7,10,17H,4,8-9H2,1-3H3,(H,14,15). The molecular formula is C13H21N3O2. The quantitative estimate of drug-likeness (QED) is 0.801. The summed E-state index contributed by atoms with van der Waals surface area (Å²) in [4.78, 5) is 18.1. The van der Waals surface area contributed by atoms with Crippen molar-refractivity contribution in [3.63, 3.8) is 0 Å². The number of rotatable bonds is 6. The Kier molecular flexibility index (Phi) is 5.58. The van der Waals surface area contributed by atoms with Gasteiger partial charge in [0.05, 0.1) is 12.2 Å². The maximum atomic E-state index is 12.3. The van der Waals surface area contributed by atoms with Gasteiger partial charge in [-0.15, -0.1) is 0 Å². The van der Waals surface area contributed by atoms with Gasteiger partial charge in [-0.1, -0.05) is 0 Å². The third-order valence-corrected chi connectivity index (χ3v) is 2.50. The fourth-order valence-corrected chi connectivity index (χ4v) is 1.66. The molecule has 1 aromatic rings. The molecule has 5 nitrogen and oxygen atoms in total. The van der Waals surface area contributed by atoms with E-state index in [-0.39, 0.29) is 18.6 Å². The molecule has 1 heterocycles. The molecular weight excluding hydrogens is 230 g/mol. The number of carbonyl (C=O) groups excluding carboxylic acids is 1. The van der Waals surface area contributed by atoms with Crippen molar-refractivity contribution in [1.29, 1.82) is 0 Å². The normalized spacial score (nSPS) is 10.5. The van der Waals surface area contributed by atoms with E-state index in [0.29, 0.717) is 24.5 Å². The van der Waals surface area contributed by atoms with Gasteiger partial charge in [-0.05, 0) is 32.9 Å². The van der Waals surface area contributed by atoms with Crippen LogP contribution in [0.3, 0.4) is 0 Å². The number of likely N-dealkylation sites (N-methyl/N-ethyl adjacent to an activating group) is 1. The SMILES string of the molecule is CCN(CCO)C(=O)c1cccnc1NC(C)C. The van der Waals surface area contributed by atoms with Gasteiger partial charge in [-0.2, -0.15) is 0 Å². The lowest BCUT2D eigenvalue weighted by molar-refractivity contribution is 0.0732. The zero-order chi connectivity index (χ0) is 13.5. The Balaban J connectivity index is 2.96. The zero-order valence-corrected chi connectivity index (χ0v) is 11.2. The summed E-state index contributed by atoms with van der Waals surface area (Å²) in [7, 11) is 0. The monoisotopic (exact) mass is 251 g/mol. The summed E-state index contributed by atoms with van der Waals surface area (Å²) in [5.41, 5.74) is 0.543. The van der Waals surface area contributed by atoms with Crippen LogP contribution < -0.4 is 5.32 Å². The number of pyridine rings is 1. The number of aliphatic hydroxyl groups is 1. The van der Waals surface area contributed by atoms with Crippen LogP contribution in [-0.2, 0) is 0 Å². The Morgan fingerprint density at radius 1 is 1.56 bits per heavy atom. The van der Waals surface area contributed by atoms with E-state index < -0.39 is 0 Å². The molecule has 0 saturated carbocycles. The van der Waals surface area contributed by atoms with Crippen molar-refractivity contribution in [2.24, 2.45) is 0 Å². The minimum atomic E-state index is -0.109. The number of aliphatic hydroxyl groups excluding tert-OH is 1. The first kappa shape index (κ1) is 14.4. The Labute approximate surface area is 108 Å². The van der Waals surface area contributed by atoms with Crippen LogP contribution in [0.1, 0.15) is 31.1 Å². The molecule has 100 valence electrons. The predicted octanol–water partition coefficient (Wildman–Crippen LogP) is 1.36. The highest BCUT2D eigenvalue weighted by atomic mass is 16.3. The van der Waals surface area contributed by atoms with Crippen molar-refractivity contribution in [2.75, 3.05) is 25.0 Å². The Hall–Kier alpha value is -1.62. The Morgan fingerprint density at radius 2 is 2.28 bits per heavy atom. The van der Waals surface area contributed by atoms with E-state index in [9.17, 15) is 4.79 Å². The second-order valence-electron chi connectivity index (χ2n) is 4.31. The molecule has 0 spiro atoms. The first-order valence-electron chi connectivity index (χ1n) is 6.21. The number of aromatic nitrogens is 1. The maximum absolute atomic E-state index is 12.3. The predicted molar refractivity (Wildman–Crippen MR) is 71.7 cm³/mol. The fraction of sp³-hybridized carbons (Fsp3) is 0.538. The summed E-state index contributed by atoms with van der Waals surface area (Å²) in [5.74, 6) is 0.483. The highest BCUT2D eigenvalue weighted by molar-refractivity contribution is 5.98. The lowest BCUT2D eigenvalue weighted by Gasteiger charge is -2.21. The van der Waals surface area contributed by atoms with Gasteiger partial charge in [-0.25, -0.2) is 4.98 Å². The first-order valence-corrected chi connectivity index (χ1v) is 6.21. The summed E-state index contributed by atoms with van der Waals surface area (Å²) >= 11 is 0. The molecule has 5 heteroatoms. The second-order valence-corrected chi connectivity index (χ2v) is 4.31. The lowest BCUT2D eigenvalue weighted by atomic mass is 10.2. The van der Waals surface area contributed by atoms with Gasteiger partial charge in [0.1, 0.15) is 5.82 Å². The van der Waals surface area contributed by atoms with Crippen LogP contribution in [0.15, 0.2) is 18.3 Å². The van der Waals surface area contributed by atoms with Gasteiger partial charge in [0.25, 0.3) is 5.91 Å². The molecule has 0 aliphatic heterocycles. The molecule has 0 aromatic carbocycles. The highest BCUT2D eigenvalue weighted by Gasteiger charge is 2.18. The number of hydrogen-bond donors (Lipinski definition) is 2. The third kappa shape index (κ3) is 3.70. The van der Waals surface area contributed by atoms with Gasteiger partial charge < -0.3 is 15.3 Å². The molecule has 2 N–H and O–H groups in total. The number of nitrogens with zero attached hydrogens (tertiary/aromatic N) is 2. The van der Waals surface area contributed by atoms with Crippen molar-refractivity contribution < 1.29 is 9.90 Å². The summed E-state index contributed by atoms with van der Waals surface area (Å²) < 4.78 is 0. The van der Waals surface area contributed by atoms with E-state index >= 15 is 0 Å². The Morgan fingerprint density at radius 3 is 2.83 bits per heavy atom. The average molecular weight is 251 g/mol. The van der Waals surface area contributed by atoms with Crippen LogP contribution >= 0.6 is 0 Å². The number of nitrogens with one attached hydrogen (secondary N) is 1. The highest BCUT2D eigenvalue weighted by Crippen LogP contribution is 2.15. The van der Waals surface area contributed by atoms with E-state index in [2.05, 4.69) is 10.3 Å². The fourth-order valence-electron chi connectivity index (χ4n) is 1.66. The van der Waals surface area contributed by atoms with Crippen LogP contribution in [0.5, 0.6) is 0 Å². The first-order chi connectivity index (χ1) is 8.60. The molecule has 0 saturated heterocycles. The lowest BCUT2D eigenvalue weighted by Crippen LogP contribution is -2.34. The van der Waals surface area contributed by atoms with Gasteiger partial charge in [0, 0.05) is 25.3 Å². The molecule has 0 aliphatic carbocycles. The van der Waals surface area contributed by atoms with E-state index in [1.807, 2.05) is 20.8 Å². The number of anilines is 1. The average Bonchev–Trinajstić information content (AvgIpc) is 2.35. The summed E-state index contributed by atoms with van der Waals surface area (Å²) in [6.07, 6.45) is 1.66. The number of carbonyl (C=O) groups is 1. The summed E-state index contributed by atoms with van der Waals surface area (Å²) in [6.45, 7) is 6.75. The van der Waals surface area contributed by atoms with Crippen molar-refractivity contribution in [1.82, 2.24) is 9.88 Å². The van der Waals surface area contributed by atoms with Crippen LogP contribution in [0, 0.1) is 0 Å². The van der Waals surface area contributed by atoms with Crippen molar-refractivity contribution in [3.8, 4) is 0 Å². The third-order valence-electron chi connectivity index (χ3n) is 2.50. The molecule has 0 fully saturated rings. The number of hydrogen-bond acceptors (Lipinski definition) is 4. The van der Waals surface area contributed by atoms with Crippen LogP contribution in [0.25, 0.3) is 0 Å². The topological polar surface area (TPSA) is 65.5 Å². The largest absolute Gasteiger partial charge is 0.395 e. The van der Waals surface area contributed by atoms with E-state index in [4.69, 9.17) is 5.11 Å². The molecule has 0 aliphatic rings. The minimum absolute atomic E-state index is 0.0349. The molecule has 1 rings (SSSR count). The van der Waals surface area contributed by atoms with E-state index in [1.165, 1.54) is 0 Å². The van der Waals surface area contributed by atoms with Gasteiger partial charge >= 0.3 is 0 Å². The van der Waals surface area contributed by atoms with Gasteiger partial charge in [-0.3, -0.25) is 4.79 Å². The van der Waals surface area contributed by atoms with Gasteiger partial charge in [0.15, 0.2) is 0 Å². The van der Waals surface area contributed by atoms with Crippen LogP contribution in [-0.4, -0.2) is 46.6 Å². The molecule has 1 aromatic heterocycles. The van der Waals surface area contributed by atoms with Crippen LogP contribution in [0.2, 0.25) is 0 Å². The van der Waals surface area contributed by atoms with E-state index in [0.717, 1.165) is 0 Å². The minimum Gasteiger partial charge on any atom is -0.395 e. The second kappa shape index (κ2) is 6.96. The van der Waals surface area contributed by atoms with E-state index in [1.54, 1.807) is 23.2 Å². The van der Waals surface area contributed by atoms with Crippen molar-refractivity contribution in [2.45, 2.75) is 26.8 Å². The smallest absolute Gasteiger partial charge is 0.257 e. The van der Waals surface area contributed by atoms with Gasteiger partial charge in [0.2, 0.25) is 0 Å². The summed E-state index contributed by atoms with van der Waals surface area (Å²) in [6, 6.07) is 3.70. The maximum Gasteiger partial charge on any atom is 0.257 e. The molecule has 0 unspecified atom stereocenters. The molecule has 1 amide bonds. The molecule has 0 atom stereocenters. The Bertz CT molecular complexity index is 394. The molecule has 0 bridgehead atoms.